The van der Waals surface area contributed by atoms with Gasteiger partial charge in [-0.2, -0.15) is 0 Å². The van der Waals surface area contributed by atoms with E-state index in [-0.39, 0.29) is 27.4 Å². The molecule has 0 aliphatic heterocycles. The maximum Gasteiger partial charge on any atom is 0.323 e. The monoisotopic (exact) mass is 429 g/mol. The van der Waals surface area contributed by atoms with Crippen LogP contribution in [0.3, 0.4) is 0 Å². The SMILES string of the molecule is CC1(C)CC=C(c2ccc3c(=O)c4ccc(Cl)c(Cl)c4n(CC(=O)O)c3c2)CC1. The van der Waals surface area contributed by atoms with Crippen molar-refractivity contribution in [3.63, 3.8) is 0 Å². The van der Waals surface area contributed by atoms with Gasteiger partial charge in [-0.05, 0) is 60.1 Å². The van der Waals surface area contributed by atoms with Gasteiger partial charge in [-0.3, -0.25) is 9.59 Å². The summed E-state index contributed by atoms with van der Waals surface area (Å²) in [5.41, 5.74) is 3.24. The summed E-state index contributed by atoms with van der Waals surface area (Å²) in [6.07, 6.45) is 5.26. The number of halogens is 2. The number of pyridine rings is 1. The smallest absolute Gasteiger partial charge is 0.323 e. The van der Waals surface area contributed by atoms with Gasteiger partial charge in [0.25, 0.3) is 0 Å². The van der Waals surface area contributed by atoms with Crippen molar-refractivity contribution < 1.29 is 9.90 Å². The molecule has 1 aliphatic rings. The fourth-order valence-corrected chi connectivity index (χ4v) is 4.46. The Kier molecular flexibility index (Phi) is 4.96. The average molecular weight is 430 g/mol. The third-order valence-corrected chi connectivity index (χ3v) is 6.55. The molecule has 0 unspecified atom stereocenters. The first-order valence-electron chi connectivity index (χ1n) is 9.53. The molecule has 0 spiro atoms. The number of hydrogen-bond acceptors (Lipinski definition) is 2. The van der Waals surface area contributed by atoms with Crippen molar-refractivity contribution in [3.05, 3.63) is 62.2 Å². The van der Waals surface area contributed by atoms with Crippen molar-refractivity contribution in [1.82, 2.24) is 4.57 Å². The summed E-state index contributed by atoms with van der Waals surface area (Å²) in [7, 11) is 0. The average Bonchev–Trinajstić information content (AvgIpc) is 2.67. The number of aliphatic carboxylic acids is 1. The summed E-state index contributed by atoms with van der Waals surface area (Å²) in [6, 6.07) is 8.80. The number of carboxylic acids is 1. The van der Waals surface area contributed by atoms with Crippen LogP contribution in [0.5, 0.6) is 0 Å². The molecule has 0 atom stereocenters. The second kappa shape index (κ2) is 7.19. The molecule has 1 aromatic heterocycles. The maximum absolute atomic E-state index is 13.1. The quantitative estimate of drug-likeness (QED) is 0.508. The Balaban J connectivity index is 2.04. The molecule has 0 amide bonds. The van der Waals surface area contributed by atoms with E-state index in [1.807, 2.05) is 12.1 Å². The zero-order chi connectivity index (χ0) is 20.9. The fraction of sp³-hybridized carbons (Fsp3) is 0.304. The number of allylic oxidation sites excluding steroid dienone is 2. The lowest BCUT2D eigenvalue weighted by molar-refractivity contribution is -0.137. The molecule has 150 valence electrons. The Morgan fingerprint density at radius 2 is 1.90 bits per heavy atom. The van der Waals surface area contributed by atoms with Crippen LogP contribution in [-0.2, 0) is 11.3 Å². The molecule has 3 aromatic rings. The van der Waals surface area contributed by atoms with Gasteiger partial charge in [-0.1, -0.05) is 49.2 Å². The molecule has 0 saturated heterocycles. The summed E-state index contributed by atoms with van der Waals surface area (Å²) >= 11 is 12.6. The summed E-state index contributed by atoms with van der Waals surface area (Å²) in [4.78, 5) is 24.7. The molecule has 0 fully saturated rings. The molecular formula is C23H21Cl2NO3. The molecule has 4 rings (SSSR count). The van der Waals surface area contributed by atoms with Crippen LogP contribution < -0.4 is 5.43 Å². The van der Waals surface area contributed by atoms with Crippen molar-refractivity contribution in [2.45, 2.75) is 39.7 Å². The minimum atomic E-state index is -1.02. The van der Waals surface area contributed by atoms with Gasteiger partial charge < -0.3 is 9.67 Å². The molecule has 1 aliphatic carbocycles. The summed E-state index contributed by atoms with van der Waals surface area (Å²) < 4.78 is 1.58. The lowest BCUT2D eigenvalue weighted by atomic mass is 9.77. The molecule has 29 heavy (non-hydrogen) atoms. The van der Waals surface area contributed by atoms with Crippen LogP contribution in [0.2, 0.25) is 10.0 Å². The highest BCUT2D eigenvalue weighted by Crippen LogP contribution is 2.39. The maximum atomic E-state index is 13.1. The normalized spacial score (nSPS) is 16.2. The second-order valence-electron chi connectivity index (χ2n) is 8.40. The zero-order valence-electron chi connectivity index (χ0n) is 16.3. The number of hydrogen-bond donors (Lipinski definition) is 1. The van der Waals surface area contributed by atoms with E-state index in [0.717, 1.165) is 24.8 Å². The molecule has 0 radical (unpaired) electrons. The van der Waals surface area contributed by atoms with E-state index < -0.39 is 5.97 Å². The van der Waals surface area contributed by atoms with Crippen molar-refractivity contribution >= 4 is 56.6 Å². The molecule has 1 N–H and O–H groups in total. The highest BCUT2D eigenvalue weighted by molar-refractivity contribution is 6.45. The molecule has 4 nitrogen and oxygen atoms in total. The van der Waals surface area contributed by atoms with E-state index in [2.05, 4.69) is 19.9 Å². The van der Waals surface area contributed by atoms with E-state index in [1.54, 1.807) is 22.8 Å². The Hall–Kier alpha value is -2.30. The van der Waals surface area contributed by atoms with Gasteiger partial charge in [0.05, 0.1) is 21.1 Å². The van der Waals surface area contributed by atoms with Crippen LogP contribution in [0.25, 0.3) is 27.4 Å². The van der Waals surface area contributed by atoms with Gasteiger partial charge in [0.1, 0.15) is 6.54 Å². The number of rotatable bonds is 3. The standard InChI is InChI=1S/C23H21Cl2NO3/c1-23(2)9-7-13(8-10-23)14-3-4-15-18(11-14)26(12-19(27)28)21-16(22(15)29)5-6-17(24)20(21)25/h3-7,11H,8-10,12H2,1-2H3,(H,27,28). The number of nitrogens with zero attached hydrogens (tertiary/aromatic N) is 1. The molecule has 0 bridgehead atoms. The molecular weight excluding hydrogens is 409 g/mol. The Morgan fingerprint density at radius 1 is 1.17 bits per heavy atom. The molecule has 0 saturated carbocycles. The zero-order valence-corrected chi connectivity index (χ0v) is 17.8. The lowest BCUT2D eigenvalue weighted by Gasteiger charge is -2.29. The highest BCUT2D eigenvalue weighted by Gasteiger charge is 2.23. The third kappa shape index (κ3) is 3.56. The van der Waals surface area contributed by atoms with Crippen LogP contribution in [0, 0.1) is 5.41 Å². The van der Waals surface area contributed by atoms with E-state index in [9.17, 15) is 14.7 Å². The summed E-state index contributed by atoms with van der Waals surface area (Å²) in [6.45, 7) is 4.19. The Labute approximate surface area is 178 Å². The molecule has 1 heterocycles. The van der Waals surface area contributed by atoms with E-state index in [0.29, 0.717) is 21.8 Å². The van der Waals surface area contributed by atoms with Crippen LogP contribution in [0.4, 0.5) is 0 Å². The predicted octanol–water partition coefficient (Wildman–Crippen LogP) is 6.14. The second-order valence-corrected chi connectivity index (χ2v) is 9.18. The first-order valence-corrected chi connectivity index (χ1v) is 10.3. The van der Waals surface area contributed by atoms with Crippen molar-refractivity contribution in [3.8, 4) is 0 Å². The number of aromatic nitrogens is 1. The van der Waals surface area contributed by atoms with Crippen molar-refractivity contribution in [2.24, 2.45) is 5.41 Å². The van der Waals surface area contributed by atoms with Crippen molar-refractivity contribution in [2.75, 3.05) is 0 Å². The summed E-state index contributed by atoms with van der Waals surface area (Å²) in [5.74, 6) is -1.02. The van der Waals surface area contributed by atoms with Crippen LogP contribution >= 0.6 is 23.2 Å². The van der Waals surface area contributed by atoms with Gasteiger partial charge in [-0.15, -0.1) is 0 Å². The summed E-state index contributed by atoms with van der Waals surface area (Å²) in [5, 5.41) is 10.8. The van der Waals surface area contributed by atoms with Crippen molar-refractivity contribution in [1.29, 1.82) is 0 Å². The first-order chi connectivity index (χ1) is 13.7. The van der Waals surface area contributed by atoms with E-state index in [1.165, 1.54) is 5.57 Å². The largest absolute Gasteiger partial charge is 0.480 e. The van der Waals surface area contributed by atoms with Gasteiger partial charge in [0, 0.05) is 10.8 Å². The number of carboxylic acid groups (broad SMARTS) is 1. The topological polar surface area (TPSA) is 59.3 Å². The molecule has 2 aromatic carbocycles. The van der Waals surface area contributed by atoms with Gasteiger partial charge in [0.15, 0.2) is 5.43 Å². The highest BCUT2D eigenvalue weighted by atomic mass is 35.5. The Morgan fingerprint density at radius 3 is 2.55 bits per heavy atom. The number of fused-ring (bicyclic) bond motifs is 2. The van der Waals surface area contributed by atoms with Gasteiger partial charge in [-0.25, -0.2) is 0 Å². The van der Waals surface area contributed by atoms with Gasteiger partial charge >= 0.3 is 5.97 Å². The fourth-order valence-electron chi connectivity index (χ4n) is 4.04. The van der Waals surface area contributed by atoms with E-state index in [4.69, 9.17) is 23.2 Å². The lowest BCUT2D eigenvalue weighted by Crippen LogP contribution is -2.17. The first kappa shape index (κ1) is 20.0. The predicted molar refractivity (Wildman–Crippen MR) is 119 cm³/mol. The Bertz CT molecular complexity index is 1250. The van der Waals surface area contributed by atoms with Gasteiger partial charge in [0.2, 0.25) is 0 Å². The number of carbonyl (C=O) groups is 1. The third-order valence-electron chi connectivity index (χ3n) is 5.75. The van der Waals surface area contributed by atoms with Crippen LogP contribution in [0.1, 0.15) is 38.7 Å². The number of benzene rings is 2. The minimum Gasteiger partial charge on any atom is -0.480 e. The van der Waals surface area contributed by atoms with Crippen LogP contribution in [-0.4, -0.2) is 15.6 Å². The van der Waals surface area contributed by atoms with Crippen LogP contribution in [0.15, 0.2) is 41.2 Å². The molecule has 6 heteroatoms. The van der Waals surface area contributed by atoms with E-state index >= 15 is 0 Å². The minimum absolute atomic E-state index is 0.180.